The monoisotopic (exact) mass is 431 g/mol. The van der Waals surface area contributed by atoms with Gasteiger partial charge in [0.25, 0.3) is 0 Å². The summed E-state index contributed by atoms with van der Waals surface area (Å²) in [5.74, 6) is -2.58. The highest BCUT2D eigenvalue weighted by molar-refractivity contribution is 5.90. The maximum atomic E-state index is 12.2. The predicted octanol–water partition coefficient (Wildman–Crippen LogP) is 0.727. The zero-order valence-electron chi connectivity index (χ0n) is 16.3. The number of carboxylic acids is 2. The van der Waals surface area contributed by atoms with E-state index in [9.17, 15) is 19.5 Å². The summed E-state index contributed by atoms with van der Waals surface area (Å²) in [6, 6.07) is 8.33. The lowest BCUT2D eigenvalue weighted by molar-refractivity contribution is -0.136. The van der Waals surface area contributed by atoms with E-state index < -0.39 is 24.1 Å². The van der Waals surface area contributed by atoms with Crippen molar-refractivity contribution < 1.29 is 34.1 Å². The number of H-pyrrole nitrogens is 1. The maximum Gasteiger partial charge on any atom is 0.414 e. The van der Waals surface area contributed by atoms with Crippen LogP contribution in [0.5, 0.6) is 5.75 Å². The number of cyclic esters (lactones) is 1. The first-order chi connectivity index (χ1) is 14.7. The highest BCUT2D eigenvalue weighted by atomic mass is 16.6. The Kier molecular flexibility index (Phi) is 6.29. The van der Waals surface area contributed by atoms with Gasteiger partial charge in [0.2, 0.25) is 0 Å². The van der Waals surface area contributed by atoms with E-state index in [2.05, 4.69) is 10.3 Å². The van der Waals surface area contributed by atoms with Gasteiger partial charge in [0.1, 0.15) is 6.61 Å². The van der Waals surface area contributed by atoms with Crippen LogP contribution in [0.2, 0.25) is 0 Å². The number of hydrogen-bond donors (Lipinski definition) is 6. The number of anilines is 1. The highest BCUT2D eigenvalue weighted by Crippen LogP contribution is 2.25. The van der Waals surface area contributed by atoms with Crippen LogP contribution in [-0.2, 0) is 22.5 Å². The standard InChI is InChI=1S/C19H21N5O7/c20-18(21)22-7-10-1-3-12(4-2-10)24-8-13(31-19(24)29)9-30-14-5-11(6-15(25)26)23-16(14)17(27)28/h1-5,13,23H,6-9H2,(H,25,26)(H,27,28)(H4,20,21,22). The average Bonchev–Trinajstić information content (AvgIpc) is 3.27. The molecule has 2 heterocycles. The van der Waals surface area contributed by atoms with Crippen molar-refractivity contribution in [2.24, 2.45) is 5.73 Å². The minimum atomic E-state index is -1.30. The Morgan fingerprint density at radius 2 is 2.03 bits per heavy atom. The molecule has 0 aliphatic carbocycles. The summed E-state index contributed by atoms with van der Waals surface area (Å²) in [6.07, 6.45) is -1.60. The molecule has 1 aliphatic rings. The van der Waals surface area contributed by atoms with Gasteiger partial charge < -0.3 is 35.7 Å². The molecule has 2 aromatic rings. The number of nitrogens with two attached hydrogens (primary N) is 1. The molecule has 0 saturated carbocycles. The fourth-order valence-electron chi connectivity index (χ4n) is 3.01. The number of nitrogens with zero attached hydrogens (tertiary/aromatic N) is 1. The number of nitrogens with one attached hydrogen (secondary N) is 3. The van der Waals surface area contributed by atoms with E-state index >= 15 is 0 Å². The number of hydrogen-bond acceptors (Lipinski definition) is 6. The van der Waals surface area contributed by atoms with E-state index in [1.807, 2.05) is 0 Å². The third kappa shape index (κ3) is 5.44. The molecule has 1 saturated heterocycles. The number of benzene rings is 1. The number of aromatic carboxylic acids is 1. The number of carbonyl (C=O) groups excluding carboxylic acids is 1. The van der Waals surface area contributed by atoms with Gasteiger partial charge >= 0.3 is 18.0 Å². The average molecular weight is 431 g/mol. The molecule has 31 heavy (non-hydrogen) atoms. The van der Waals surface area contributed by atoms with Gasteiger partial charge in [-0.15, -0.1) is 0 Å². The Balaban J connectivity index is 1.61. The summed E-state index contributed by atoms with van der Waals surface area (Å²) in [5.41, 5.74) is 6.65. The first-order valence-corrected chi connectivity index (χ1v) is 9.17. The SMILES string of the molecule is N=C(N)NCc1ccc(N2CC(COc3cc(CC(=O)O)[nH]c3C(=O)O)OC2=O)cc1. The van der Waals surface area contributed by atoms with Gasteiger partial charge in [-0.2, -0.15) is 0 Å². The fraction of sp³-hybridized carbons (Fsp3) is 0.263. The predicted molar refractivity (Wildman–Crippen MR) is 107 cm³/mol. The van der Waals surface area contributed by atoms with Crippen LogP contribution in [0.1, 0.15) is 21.7 Å². The molecule has 3 rings (SSSR count). The number of aromatic nitrogens is 1. The third-order valence-electron chi connectivity index (χ3n) is 4.42. The van der Waals surface area contributed by atoms with Crippen LogP contribution in [0.15, 0.2) is 30.3 Å². The second kappa shape index (κ2) is 9.07. The first kappa shape index (κ1) is 21.5. The van der Waals surface area contributed by atoms with Crippen LogP contribution in [0.4, 0.5) is 10.5 Å². The largest absolute Gasteiger partial charge is 0.487 e. The number of ether oxygens (including phenoxy) is 2. The topological polar surface area (TPSA) is 191 Å². The van der Waals surface area contributed by atoms with Crippen LogP contribution >= 0.6 is 0 Å². The quantitative estimate of drug-likeness (QED) is 0.245. The Bertz CT molecular complexity index is 1000. The van der Waals surface area contributed by atoms with E-state index in [1.54, 1.807) is 24.3 Å². The van der Waals surface area contributed by atoms with Gasteiger partial charge in [-0.1, -0.05) is 12.1 Å². The van der Waals surface area contributed by atoms with Crippen LogP contribution in [0, 0.1) is 5.41 Å². The molecule has 1 atom stereocenters. The van der Waals surface area contributed by atoms with E-state index in [4.69, 9.17) is 25.7 Å². The van der Waals surface area contributed by atoms with Crippen LogP contribution in [-0.4, -0.2) is 58.4 Å². The lowest BCUT2D eigenvalue weighted by atomic mass is 10.2. The van der Waals surface area contributed by atoms with Gasteiger partial charge in [0.05, 0.1) is 13.0 Å². The zero-order chi connectivity index (χ0) is 22.5. The Morgan fingerprint density at radius 1 is 1.32 bits per heavy atom. The molecule has 1 aromatic carbocycles. The van der Waals surface area contributed by atoms with E-state index in [0.29, 0.717) is 12.2 Å². The number of rotatable bonds is 9. The molecule has 1 amide bonds. The molecule has 12 heteroatoms. The van der Waals surface area contributed by atoms with E-state index in [-0.39, 0.29) is 42.7 Å². The number of carboxylic acid groups (broad SMARTS) is 2. The van der Waals surface area contributed by atoms with Crippen molar-refractivity contribution >= 4 is 29.7 Å². The number of amides is 1. The van der Waals surface area contributed by atoms with Crippen LogP contribution in [0.3, 0.4) is 0 Å². The van der Waals surface area contributed by atoms with Crippen molar-refractivity contribution in [3.05, 3.63) is 47.3 Å². The highest BCUT2D eigenvalue weighted by Gasteiger charge is 2.33. The summed E-state index contributed by atoms with van der Waals surface area (Å²) in [5, 5.41) is 28.0. The molecule has 0 bridgehead atoms. The Hall–Kier alpha value is -4.22. The van der Waals surface area contributed by atoms with Gasteiger partial charge in [0.15, 0.2) is 23.5 Å². The summed E-state index contributed by atoms with van der Waals surface area (Å²) >= 11 is 0. The number of carbonyl (C=O) groups is 3. The molecule has 1 aliphatic heterocycles. The second-order valence-corrected chi connectivity index (χ2v) is 6.77. The zero-order valence-corrected chi connectivity index (χ0v) is 16.3. The van der Waals surface area contributed by atoms with Crippen molar-refractivity contribution in [3.63, 3.8) is 0 Å². The molecule has 7 N–H and O–H groups in total. The van der Waals surface area contributed by atoms with Gasteiger partial charge in [-0.25, -0.2) is 9.59 Å². The minimum absolute atomic E-state index is 0.0272. The maximum absolute atomic E-state index is 12.2. The molecule has 1 aromatic heterocycles. The van der Waals surface area contributed by atoms with Gasteiger partial charge in [-0.3, -0.25) is 15.1 Å². The summed E-state index contributed by atoms with van der Waals surface area (Å²) in [7, 11) is 0. The molecule has 1 fully saturated rings. The van der Waals surface area contributed by atoms with Crippen molar-refractivity contribution in [2.75, 3.05) is 18.1 Å². The summed E-state index contributed by atoms with van der Waals surface area (Å²) < 4.78 is 10.8. The van der Waals surface area contributed by atoms with Crippen LogP contribution in [0.25, 0.3) is 0 Å². The Labute approximate surface area is 176 Å². The lowest BCUT2D eigenvalue weighted by Gasteiger charge is -2.14. The molecular formula is C19H21N5O7. The second-order valence-electron chi connectivity index (χ2n) is 6.77. The smallest absolute Gasteiger partial charge is 0.414 e. The van der Waals surface area contributed by atoms with Gasteiger partial charge in [-0.05, 0) is 17.7 Å². The molecule has 0 radical (unpaired) electrons. The first-order valence-electron chi connectivity index (χ1n) is 9.17. The molecule has 164 valence electrons. The van der Waals surface area contributed by atoms with Crippen molar-refractivity contribution in [2.45, 2.75) is 19.1 Å². The third-order valence-corrected chi connectivity index (χ3v) is 4.42. The van der Waals surface area contributed by atoms with E-state index in [1.165, 1.54) is 11.0 Å². The molecule has 1 unspecified atom stereocenters. The molecule has 12 nitrogen and oxygen atoms in total. The molecular weight excluding hydrogens is 410 g/mol. The van der Waals surface area contributed by atoms with Crippen molar-refractivity contribution in [3.8, 4) is 5.75 Å². The normalized spacial score (nSPS) is 15.4. The minimum Gasteiger partial charge on any atom is -0.487 e. The van der Waals surface area contributed by atoms with Crippen molar-refractivity contribution in [1.82, 2.24) is 10.3 Å². The van der Waals surface area contributed by atoms with Crippen molar-refractivity contribution in [1.29, 1.82) is 5.41 Å². The van der Waals surface area contributed by atoms with Crippen LogP contribution < -0.4 is 20.7 Å². The summed E-state index contributed by atoms with van der Waals surface area (Å²) in [4.78, 5) is 38.3. The van der Waals surface area contributed by atoms with E-state index in [0.717, 1.165) is 5.56 Å². The molecule has 0 spiro atoms. The summed E-state index contributed by atoms with van der Waals surface area (Å²) in [6.45, 7) is 0.467. The number of aliphatic carboxylic acids is 1. The number of aromatic amines is 1. The number of guanidine groups is 1. The lowest BCUT2D eigenvalue weighted by Crippen LogP contribution is -2.29. The van der Waals surface area contributed by atoms with Gasteiger partial charge in [0, 0.05) is 24.0 Å². The Morgan fingerprint density at radius 3 is 2.65 bits per heavy atom. The fourth-order valence-corrected chi connectivity index (χ4v) is 3.01.